The molecule has 0 saturated heterocycles. The SMILES string of the molecule is COC(=O)CCCNC(=O)NCc1c(Br)c(O)c(O)c(Br)c1Br. The maximum Gasteiger partial charge on any atom is 0.315 e. The van der Waals surface area contributed by atoms with Crippen LogP contribution in [-0.4, -0.2) is 35.9 Å². The minimum Gasteiger partial charge on any atom is -0.503 e. The number of rotatable bonds is 6. The van der Waals surface area contributed by atoms with E-state index in [0.29, 0.717) is 23.0 Å². The lowest BCUT2D eigenvalue weighted by molar-refractivity contribution is -0.140. The van der Waals surface area contributed by atoms with Gasteiger partial charge in [-0.2, -0.15) is 0 Å². The summed E-state index contributed by atoms with van der Waals surface area (Å²) in [5.41, 5.74) is 0.553. The van der Waals surface area contributed by atoms with Crippen molar-refractivity contribution in [1.29, 1.82) is 0 Å². The Bertz CT molecular complexity index is 581. The Morgan fingerprint density at radius 1 is 1.04 bits per heavy atom. The number of methoxy groups -OCH3 is 1. The highest BCUT2D eigenvalue weighted by Gasteiger charge is 2.19. The molecule has 0 aromatic heterocycles. The van der Waals surface area contributed by atoms with Crippen LogP contribution in [0.4, 0.5) is 4.79 Å². The van der Waals surface area contributed by atoms with Crippen molar-refractivity contribution < 1.29 is 24.5 Å². The number of hydrogen-bond acceptors (Lipinski definition) is 5. The number of phenols is 2. The number of aromatic hydroxyl groups is 2. The number of carbonyl (C=O) groups excluding carboxylic acids is 2. The number of phenolic OH excluding ortho intramolecular Hbond substituents is 2. The Labute approximate surface area is 158 Å². The van der Waals surface area contributed by atoms with Gasteiger partial charge in [0.25, 0.3) is 0 Å². The van der Waals surface area contributed by atoms with Crippen molar-refractivity contribution in [2.45, 2.75) is 19.4 Å². The number of esters is 1. The van der Waals surface area contributed by atoms with Gasteiger partial charge in [0.15, 0.2) is 11.5 Å². The van der Waals surface area contributed by atoms with Gasteiger partial charge in [-0.05, 0) is 54.2 Å². The van der Waals surface area contributed by atoms with Crippen molar-refractivity contribution >= 4 is 59.8 Å². The first-order valence-corrected chi connectivity index (χ1v) is 8.83. The fourth-order valence-electron chi connectivity index (χ4n) is 1.61. The second-order valence-corrected chi connectivity index (χ2v) is 6.79. The zero-order valence-electron chi connectivity index (χ0n) is 12.1. The summed E-state index contributed by atoms with van der Waals surface area (Å²) in [6.07, 6.45) is 0.700. The van der Waals surface area contributed by atoms with Crippen molar-refractivity contribution in [2.24, 2.45) is 0 Å². The van der Waals surface area contributed by atoms with Gasteiger partial charge in [-0.3, -0.25) is 4.79 Å². The average molecular weight is 519 g/mol. The Kier molecular flexibility index (Phi) is 8.13. The molecule has 7 nitrogen and oxygen atoms in total. The summed E-state index contributed by atoms with van der Waals surface area (Å²) in [4.78, 5) is 22.6. The van der Waals surface area contributed by atoms with Crippen LogP contribution >= 0.6 is 47.8 Å². The van der Waals surface area contributed by atoms with Crippen LogP contribution in [-0.2, 0) is 16.1 Å². The zero-order valence-corrected chi connectivity index (χ0v) is 16.8. The number of benzene rings is 1. The summed E-state index contributed by atoms with van der Waals surface area (Å²) < 4.78 is 5.56. The Morgan fingerprint density at radius 3 is 2.26 bits per heavy atom. The minimum absolute atomic E-state index is 0.108. The monoisotopic (exact) mass is 516 g/mol. The van der Waals surface area contributed by atoms with Crippen LogP contribution in [0.15, 0.2) is 13.4 Å². The van der Waals surface area contributed by atoms with Crippen molar-refractivity contribution in [2.75, 3.05) is 13.7 Å². The summed E-state index contributed by atoms with van der Waals surface area (Å²) in [5.74, 6) is -0.959. The van der Waals surface area contributed by atoms with Gasteiger partial charge < -0.3 is 25.6 Å². The van der Waals surface area contributed by atoms with Crippen LogP contribution in [0.3, 0.4) is 0 Å². The smallest absolute Gasteiger partial charge is 0.315 e. The van der Waals surface area contributed by atoms with Crippen LogP contribution in [0.1, 0.15) is 18.4 Å². The molecule has 0 bridgehead atoms. The Balaban J connectivity index is 2.56. The average Bonchev–Trinajstić information content (AvgIpc) is 2.54. The third-order valence-corrected chi connectivity index (χ3v) is 5.89. The summed E-state index contributed by atoms with van der Waals surface area (Å²) >= 11 is 9.60. The van der Waals surface area contributed by atoms with Gasteiger partial charge in [0.05, 0.1) is 16.1 Å². The normalized spacial score (nSPS) is 10.3. The number of nitrogens with one attached hydrogen (secondary N) is 2. The lowest BCUT2D eigenvalue weighted by Crippen LogP contribution is -2.35. The van der Waals surface area contributed by atoms with E-state index in [1.807, 2.05) is 0 Å². The molecule has 0 saturated carbocycles. The summed E-state index contributed by atoms with van der Waals surface area (Å²) in [7, 11) is 1.31. The molecule has 0 fully saturated rings. The number of halogens is 3. The molecule has 0 heterocycles. The van der Waals surface area contributed by atoms with E-state index in [9.17, 15) is 19.8 Å². The highest BCUT2D eigenvalue weighted by molar-refractivity contribution is 9.13. The van der Waals surface area contributed by atoms with Crippen LogP contribution in [0.5, 0.6) is 11.5 Å². The van der Waals surface area contributed by atoms with Crippen LogP contribution in [0.2, 0.25) is 0 Å². The summed E-state index contributed by atoms with van der Waals surface area (Å²) in [5, 5.41) is 24.7. The van der Waals surface area contributed by atoms with Gasteiger partial charge in [0.2, 0.25) is 0 Å². The maximum absolute atomic E-state index is 11.7. The third-order valence-electron chi connectivity index (χ3n) is 2.86. The molecule has 128 valence electrons. The van der Waals surface area contributed by atoms with Crippen LogP contribution < -0.4 is 10.6 Å². The van der Waals surface area contributed by atoms with E-state index in [1.165, 1.54) is 7.11 Å². The molecule has 2 amide bonds. The molecule has 0 aliphatic carbocycles. The molecule has 0 unspecified atom stereocenters. The number of carbonyl (C=O) groups is 2. The van der Waals surface area contributed by atoms with Crippen LogP contribution in [0.25, 0.3) is 0 Å². The van der Waals surface area contributed by atoms with E-state index < -0.39 is 6.03 Å². The van der Waals surface area contributed by atoms with E-state index in [1.54, 1.807) is 0 Å². The van der Waals surface area contributed by atoms with E-state index in [4.69, 9.17) is 0 Å². The molecular formula is C13H15Br3N2O5. The molecule has 23 heavy (non-hydrogen) atoms. The van der Waals surface area contributed by atoms with Crippen molar-refractivity contribution in [3.05, 3.63) is 19.0 Å². The highest BCUT2D eigenvalue weighted by atomic mass is 79.9. The van der Waals surface area contributed by atoms with E-state index in [2.05, 4.69) is 63.2 Å². The van der Waals surface area contributed by atoms with Gasteiger partial charge >= 0.3 is 12.0 Å². The first kappa shape index (κ1) is 20.0. The summed E-state index contributed by atoms with van der Waals surface area (Å²) in [6.45, 7) is 0.435. The second-order valence-electron chi connectivity index (χ2n) is 4.41. The topological polar surface area (TPSA) is 108 Å². The molecule has 0 atom stereocenters. The Morgan fingerprint density at radius 2 is 1.65 bits per heavy atom. The van der Waals surface area contributed by atoms with E-state index in [0.717, 1.165) is 0 Å². The number of amides is 2. The van der Waals surface area contributed by atoms with Gasteiger partial charge in [-0.1, -0.05) is 0 Å². The molecule has 0 aliphatic heterocycles. The number of hydrogen-bond donors (Lipinski definition) is 4. The molecule has 0 spiro atoms. The zero-order chi connectivity index (χ0) is 17.6. The largest absolute Gasteiger partial charge is 0.503 e. The van der Waals surface area contributed by atoms with E-state index in [-0.39, 0.29) is 39.4 Å². The molecule has 1 aromatic carbocycles. The van der Waals surface area contributed by atoms with Crippen molar-refractivity contribution in [3.63, 3.8) is 0 Å². The maximum atomic E-state index is 11.7. The molecular weight excluding hydrogens is 504 g/mol. The van der Waals surface area contributed by atoms with Crippen LogP contribution in [0, 0.1) is 0 Å². The second kappa shape index (κ2) is 9.33. The molecule has 4 N–H and O–H groups in total. The predicted octanol–water partition coefficient (Wildman–Crippen LogP) is 3.14. The lowest BCUT2D eigenvalue weighted by atomic mass is 10.2. The fourth-order valence-corrected chi connectivity index (χ4v) is 3.35. The third kappa shape index (κ3) is 5.54. The van der Waals surface area contributed by atoms with Crippen molar-refractivity contribution in [3.8, 4) is 11.5 Å². The first-order chi connectivity index (χ1) is 10.8. The number of urea groups is 1. The quantitative estimate of drug-likeness (QED) is 0.200. The molecule has 10 heteroatoms. The first-order valence-electron chi connectivity index (χ1n) is 6.45. The van der Waals surface area contributed by atoms with Gasteiger partial charge in [-0.25, -0.2) is 4.79 Å². The lowest BCUT2D eigenvalue weighted by Gasteiger charge is -2.14. The minimum atomic E-state index is -0.419. The van der Waals surface area contributed by atoms with Gasteiger partial charge in [0.1, 0.15) is 0 Å². The van der Waals surface area contributed by atoms with Gasteiger partial charge in [0, 0.05) is 29.5 Å². The summed E-state index contributed by atoms with van der Waals surface area (Å²) in [6, 6.07) is -0.419. The molecule has 1 rings (SSSR count). The predicted molar refractivity (Wildman–Crippen MR) is 94.4 cm³/mol. The van der Waals surface area contributed by atoms with Crippen molar-refractivity contribution in [1.82, 2.24) is 10.6 Å². The standard InChI is InChI=1S/C13H15Br3N2O5/c1-23-7(19)3-2-4-17-13(22)18-5-6-8(14)10(16)12(21)11(20)9(6)15/h20-21H,2-5H2,1H3,(H2,17,18,22). The molecule has 0 aliphatic rings. The molecule has 1 aromatic rings. The molecule has 0 radical (unpaired) electrons. The Hall–Kier alpha value is -1.00. The number of ether oxygens (including phenoxy) is 1. The fraction of sp³-hybridized carbons (Fsp3) is 0.385. The van der Waals surface area contributed by atoms with E-state index >= 15 is 0 Å². The highest BCUT2D eigenvalue weighted by Crippen LogP contribution is 2.46. The van der Waals surface area contributed by atoms with Gasteiger partial charge in [-0.15, -0.1) is 0 Å².